The normalized spacial score (nSPS) is 21.8. The Morgan fingerprint density at radius 3 is 2.52 bits per heavy atom. The van der Waals surface area contributed by atoms with Crippen molar-refractivity contribution in [1.82, 2.24) is 5.32 Å². The SMILES string of the molecule is O=C(CCOc1ccc(F)cc1)NC1CCC(CO)CC1. The number of ether oxygens (including phenoxy) is 1. The van der Waals surface area contributed by atoms with E-state index in [1.807, 2.05) is 0 Å². The third-order valence-corrected chi connectivity index (χ3v) is 3.88. The monoisotopic (exact) mass is 295 g/mol. The number of benzene rings is 1. The lowest BCUT2D eigenvalue weighted by Crippen LogP contribution is -2.38. The van der Waals surface area contributed by atoms with Gasteiger partial charge in [-0.3, -0.25) is 4.79 Å². The fraction of sp³-hybridized carbons (Fsp3) is 0.562. The molecule has 0 heterocycles. The number of carbonyl (C=O) groups is 1. The van der Waals surface area contributed by atoms with Crippen LogP contribution in [0.15, 0.2) is 24.3 Å². The van der Waals surface area contributed by atoms with Crippen molar-refractivity contribution in [1.29, 1.82) is 0 Å². The van der Waals surface area contributed by atoms with Gasteiger partial charge in [0, 0.05) is 12.6 Å². The number of rotatable bonds is 6. The van der Waals surface area contributed by atoms with E-state index in [1.54, 1.807) is 12.1 Å². The first kappa shape index (κ1) is 15.8. The average Bonchev–Trinajstić information content (AvgIpc) is 2.50. The van der Waals surface area contributed by atoms with Gasteiger partial charge < -0.3 is 15.2 Å². The lowest BCUT2D eigenvalue weighted by Gasteiger charge is -2.27. The minimum Gasteiger partial charge on any atom is -0.493 e. The van der Waals surface area contributed by atoms with Crippen molar-refractivity contribution in [2.45, 2.75) is 38.1 Å². The molecule has 0 radical (unpaired) electrons. The van der Waals surface area contributed by atoms with Crippen LogP contribution in [-0.4, -0.2) is 30.3 Å². The van der Waals surface area contributed by atoms with E-state index >= 15 is 0 Å². The third kappa shape index (κ3) is 5.34. The minimum atomic E-state index is -0.307. The van der Waals surface area contributed by atoms with Gasteiger partial charge in [0.15, 0.2) is 0 Å². The van der Waals surface area contributed by atoms with Crippen LogP contribution in [-0.2, 0) is 4.79 Å². The molecule has 1 amide bonds. The molecule has 116 valence electrons. The molecule has 4 nitrogen and oxygen atoms in total. The Labute approximate surface area is 124 Å². The summed E-state index contributed by atoms with van der Waals surface area (Å²) in [5.74, 6) is 0.621. The zero-order chi connectivity index (χ0) is 15.1. The third-order valence-electron chi connectivity index (χ3n) is 3.88. The van der Waals surface area contributed by atoms with Gasteiger partial charge in [0.05, 0.1) is 13.0 Å². The summed E-state index contributed by atoms with van der Waals surface area (Å²) in [4.78, 5) is 11.8. The van der Waals surface area contributed by atoms with E-state index < -0.39 is 0 Å². The van der Waals surface area contributed by atoms with Crippen molar-refractivity contribution < 1.29 is 19.0 Å². The molecule has 1 aliphatic rings. The minimum absolute atomic E-state index is 0.0236. The van der Waals surface area contributed by atoms with Crippen LogP contribution in [0.4, 0.5) is 4.39 Å². The Morgan fingerprint density at radius 2 is 1.90 bits per heavy atom. The molecule has 5 heteroatoms. The van der Waals surface area contributed by atoms with E-state index in [9.17, 15) is 9.18 Å². The molecule has 0 unspecified atom stereocenters. The molecule has 1 aromatic carbocycles. The van der Waals surface area contributed by atoms with Crippen LogP contribution in [0.25, 0.3) is 0 Å². The first-order valence-corrected chi connectivity index (χ1v) is 7.46. The standard InChI is InChI=1S/C16H22FNO3/c17-13-3-7-15(8-4-13)21-10-9-16(20)18-14-5-1-12(11-19)2-6-14/h3-4,7-8,12,14,19H,1-2,5-6,9-11H2,(H,18,20). The fourth-order valence-electron chi connectivity index (χ4n) is 2.58. The predicted octanol–water partition coefficient (Wildman–Crippen LogP) is 2.26. The first-order chi connectivity index (χ1) is 10.2. The number of hydrogen-bond donors (Lipinski definition) is 2. The zero-order valence-corrected chi connectivity index (χ0v) is 12.1. The van der Waals surface area contributed by atoms with Crippen LogP contribution in [0.3, 0.4) is 0 Å². The maximum absolute atomic E-state index is 12.7. The Hall–Kier alpha value is -1.62. The number of aliphatic hydroxyl groups excluding tert-OH is 1. The highest BCUT2D eigenvalue weighted by molar-refractivity contribution is 5.76. The first-order valence-electron chi connectivity index (χ1n) is 7.46. The highest BCUT2D eigenvalue weighted by Gasteiger charge is 2.21. The van der Waals surface area contributed by atoms with Crippen molar-refractivity contribution in [2.24, 2.45) is 5.92 Å². The smallest absolute Gasteiger partial charge is 0.223 e. The van der Waals surface area contributed by atoms with Gasteiger partial charge >= 0.3 is 0 Å². The van der Waals surface area contributed by atoms with Crippen molar-refractivity contribution in [3.05, 3.63) is 30.1 Å². The number of nitrogens with one attached hydrogen (secondary N) is 1. The second-order valence-electron chi connectivity index (χ2n) is 5.52. The van der Waals surface area contributed by atoms with Crippen LogP contribution in [0.5, 0.6) is 5.75 Å². The zero-order valence-electron chi connectivity index (χ0n) is 12.1. The highest BCUT2D eigenvalue weighted by atomic mass is 19.1. The van der Waals surface area contributed by atoms with E-state index in [-0.39, 0.29) is 37.4 Å². The summed E-state index contributed by atoms with van der Waals surface area (Å²) in [6.45, 7) is 0.523. The molecule has 0 aromatic heterocycles. The largest absolute Gasteiger partial charge is 0.493 e. The molecule has 0 atom stereocenters. The maximum atomic E-state index is 12.7. The van der Waals surface area contributed by atoms with Crippen molar-refractivity contribution in [3.63, 3.8) is 0 Å². The summed E-state index contributed by atoms with van der Waals surface area (Å²) in [5, 5.41) is 12.1. The Balaban J connectivity index is 1.62. The molecular weight excluding hydrogens is 273 g/mol. The topological polar surface area (TPSA) is 58.6 Å². The summed E-state index contributed by atoms with van der Waals surface area (Å²) in [7, 11) is 0. The molecule has 2 rings (SSSR count). The van der Waals surface area contributed by atoms with E-state index in [2.05, 4.69) is 5.32 Å². The second-order valence-corrected chi connectivity index (χ2v) is 5.52. The van der Waals surface area contributed by atoms with E-state index in [0.29, 0.717) is 11.7 Å². The molecule has 0 aliphatic heterocycles. The summed E-state index contributed by atoms with van der Waals surface area (Å²) >= 11 is 0. The van der Waals surface area contributed by atoms with Gasteiger partial charge in [0.2, 0.25) is 5.91 Å². The summed E-state index contributed by atoms with van der Waals surface area (Å²) in [5.41, 5.74) is 0. The van der Waals surface area contributed by atoms with E-state index in [4.69, 9.17) is 9.84 Å². The maximum Gasteiger partial charge on any atom is 0.223 e. The van der Waals surface area contributed by atoms with Crippen LogP contribution in [0.2, 0.25) is 0 Å². The van der Waals surface area contributed by atoms with Gasteiger partial charge in [-0.25, -0.2) is 4.39 Å². The summed E-state index contributed by atoms with van der Waals surface area (Å²) < 4.78 is 18.1. The second kappa shape index (κ2) is 7.98. The average molecular weight is 295 g/mol. The predicted molar refractivity (Wildman–Crippen MR) is 77.5 cm³/mol. The molecule has 0 bridgehead atoms. The molecule has 1 aliphatic carbocycles. The van der Waals surface area contributed by atoms with E-state index in [1.165, 1.54) is 12.1 Å². The molecule has 1 saturated carbocycles. The van der Waals surface area contributed by atoms with Gasteiger partial charge in [0.25, 0.3) is 0 Å². The molecule has 2 N–H and O–H groups in total. The number of aliphatic hydroxyl groups is 1. The number of carbonyl (C=O) groups excluding carboxylic acids is 1. The van der Waals surface area contributed by atoms with Crippen LogP contribution in [0.1, 0.15) is 32.1 Å². The Kier molecular flexibility index (Phi) is 5.99. The molecule has 21 heavy (non-hydrogen) atoms. The molecule has 0 saturated heterocycles. The Bertz CT molecular complexity index is 441. The summed E-state index contributed by atoms with van der Waals surface area (Å²) in [6, 6.07) is 5.96. The molecule has 0 spiro atoms. The number of halogens is 1. The molecule has 1 aromatic rings. The highest BCUT2D eigenvalue weighted by Crippen LogP contribution is 2.23. The van der Waals surface area contributed by atoms with Crippen molar-refractivity contribution >= 4 is 5.91 Å². The van der Waals surface area contributed by atoms with Gasteiger partial charge in [-0.1, -0.05) is 0 Å². The molecule has 1 fully saturated rings. The van der Waals surface area contributed by atoms with Gasteiger partial charge in [0.1, 0.15) is 11.6 Å². The van der Waals surface area contributed by atoms with Gasteiger partial charge in [-0.2, -0.15) is 0 Å². The number of hydrogen-bond acceptors (Lipinski definition) is 3. The van der Waals surface area contributed by atoms with E-state index in [0.717, 1.165) is 25.7 Å². The quantitative estimate of drug-likeness (QED) is 0.846. The van der Waals surface area contributed by atoms with Crippen molar-refractivity contribution in [3.8, 4) is 5.75 Å². The lowest BCUT2D eigenvalue weighted by atomic mass is 9.86. The summed E-state index contributed by atoms with van der Waals surface area (Å²) in [6.07, 6.45) is 4.07. The van der Waals surface area contributed by atoms with Crippen molar-refractivity contribution in [2.75, 3.05) is 13.2 Å². The number of amides is 1. The van der Waals surface area contributed by atoms with Gasteiger partial charge in [-0.05, 0) is 55.9 Å². The molecular formula is C16H22FNO3. The van der Waals surface area contributed by atoms with Gasteiger partial charge in [-0.15, -0.1) is 0 Å². The van der Waals surface area contributed by atoms with Crippen LogP contribution < -0.4 is 10.1 Å². The van der Waals surface area contributed by atoms with Crippen LogP contribution >= 0.6 is 0 Å². The fourth-order valence-corrected chi connectivity index (χ4v) is 2.58. The lowest BCUT2D eigenvalue weighted by molar-refractivity contribution is -0.122. The van der Waals surface area contributed by atoms with Crippen LogP contribution in [0, 0.1) is 11.7 Å². The Morgan fingerprint density at radius 1 is 1.24 bits per heavy atom.